The average molecular weight is 221 g/mol. The zero-order chi connectivity index (χ0) is 11.1. The summed E-state index contributed by atoms with van der Waals surface area (Å²) in [4.78, 5) is 0. The van der Waals surface area contributed by atoms with Gasteiger partial charge < -0.3 is 14.2 Å². The maximum Gasteiger partial charge on any atom is 0.229 e. The summed E-state index contributed by atoms with van der Waals surface area (Å²) in [5.74, 6) is -0.450. The summed E-state index contributed by atoms with van der Waals surface area (Å²) >= 11 is 0. The van der Waals surface area contributed by atoms with E-state index < -0.39 is 20.6 Å². The highest BCUT2D eigenvalue weighted by Gasteiger charge is 2.12. The molecular weight excluding hydrogens is 213 g/mol. The van der Waals surface area contributed by atoms with Crippen LogP contribution in [0.15, 0.2) is 12.1 Å². The lowest BCUT2D eigenvalue weighted by molar-refractivity contribution is 0.139. The van der Waals surface area contributed by atoms with Gasteiger partial charge in [-0.05, 0) is 12.1 Å². The second-order valence-electron chi connectivity index (χ2n) is 2.26. The van der Waals surface area contributed by atoms with Crippen molar-refractivity contribution in [1.82, 2.24) is 0 Å². The summed E-state index contributed by atoms with van der Waals surface area (Å²) in [6, 6.07) is 5.09. The Labute approximate surface area is 84.4 Å². The summed E-state index contributed by atoms with van der Waals surface area (Å²) in [6.07, 6.45) is 0. The fraction of sp³-hybridized carbons (Fsp3) is 0.333. The first-order valence-corrected chi connectivity index (χ1v) is 3.94. The largest absolute Gasteiger partial charge is 0.459 e. The third-order valence-electron chi connectivity index (χ3n) is 1.49. The molecule has 3 nitrogen and oxygen atoms in total. The molecule has 0 aromatic heterocycles. The molecule has 0 aliphatic heterocycles. The van der Waals surface area contributed by atoms with Crippen molar-refractivity contribution in [3.05, 3.63) is 18.2 Å². The first-order valence-electron chi connectivity index (χ1n) is 3.94. The predicted molar refractivity (Wildman–Crippen MR) is 45.1 cm³/mol. The summed E-state index contributed by atoms with van der Waals surface area (Å²) in [5, 5.41) is 0. The number of hydrogen-bond acceptors (Lipinski definition) is 3. The van der Waals surface area contributed by atoms with Crippen molar-refractivity contribution in [3.8, 4) is 17.2 Å². The Kier molecular flexibility index (Phi) is 4.59. The van der Waals surface area contributed by atoms with Crippen LogP contribution >= 0.6 is 0 Å². The van der Waals surface area contributed by atoms with Gasteiger partial charge >= 0.3 is 0 Å². The normalized spacial score (nSPS) is 9.80. The molecule has 0 atom stereocenters. The zero-order valence-electron chi connectivity index (χ0n) is 7.63. The summed E-state index contributed by atoms with van der Waals surface area (Å²) in [5.41, 5.74) is 0. The predicted octanol–water partition coefficient (Wildman–Crippen LogP) is 2.40. The lowest BCUT2D eigenvalue weighted by Gasteiger charge is -2.12. The fourth-order valence-corrected chi connectivity index (χ4v) is 0.972. The van der Waals surface area contributed by atoms with Crippen molar-refractivity contribution in [2.24, 2.45) is 0 Å². The van der Waals surface area contributed by atoms with E-state index in [-0.39, 0.29) is 17.2 Å². The second-order valence-corrected chi connectivity index (χ2v) is 2.26. The number of alkyl halides is 3. The van der Waals surface area contributed by atoms with E-state index in [2.05, 4.69) is 20.3 Å². The van der Waals surface area contributed by atoms with Gasteiger partial charge in [0, 0.05) is 6.07 Å². The Hall–Kier alpha value is -1.59. The molecule has 1 rings (SSSR count). The van der Waals surface area contributed by atoms with E-state index in [1.165, 1.54) is 12.1 Å². The lowest BCUT2D eigenvalue weighted by atomic mass is 10.3. The number of benzene rings is 1. The molecule has 0 spiro atoms. The molecule has 0 N–H and O–H groups in total. The van der Waals surface area contributed by atoms with Crippen LogP contribution in [0.1, 0.15) is 0 Å². The Bertz CT molecular complexity index is 282. The van der Waals surface area contributed by atoms with Gasteiger partial charge in [-0.25, -0.2) is 13.2 Å². The zero-order valence-corrected chi connectivity index (χ0v) is 7.63. The van der Waals surface area contributed by atoms with Crippen LogP contribution in [0.25, 0.3) is 0 Å². The number of hydrogen-bond donors (Lipinski definition) is 0. The third-order valence-corrected chi connectivity index (χ3v) is 1.49. The van der Waals surface area contributed by atoms with Gasteiger partial charge in [-0.1, -0.05) is 0 Å². The van der Waals surface area contributed by atoms with Crippen LogP contribution in [0.4, 0.5) is 13.2 Å². The molecule has 0 amide bonds. The van der Waals surface area contributed by atoms with Gasteiger partial charge in [-0.15, -0.1) is 0 Å². The van der Waals surface area contributed by atoms with Crippen LogP contribution in [0, 0.1) is 6.07 Å². The van der Waals surface area contributed by atoms with Gasteiger partial charge in [0.1, 0.15) is 0 Å². The van der Waals surface area contributed by atoms with Gasteiger partial charge in [0.2, 0.25) is 26.3 Å². The van der Waals surface area contributed by atoms with Crippen molar-refractivity contribution in [3.63, 3.8) is 0 Å². The van der Waals surface area contributed by atoms with E-state index in [9.17, 15) is 13.2 Å². The molecule has 83 valence electrons. The van der Waals surface area contributed by atoms with Gasteiger partial charge in [0.15, 0.2) is 11.5 Å². The minimum atomic E-state index is -1.16. The molecule has 0 bridgehead atoms. The van der Waals surface area contributed by atoms with Crippen LogP contribution in [-0.2, 0) is 0 Å². The number of halogens is 3. The maximum atomic E-state index is 12.0. The maximum absolute atomic E-state index is 12.0. The Balaban J connectivity index is 2.97. The standard InChI is InChI=1S/C9H8F3O3/c10-4-13-7-2-1-3-8(14-5-11)9(7)15-6-12/h1-2H,4-6H2. The summed E-state index contributed by atoms with van der Waals surface area (Å²) in [7, 11) is 0. The number of rotatable bonds is 6. The molecule has 0 aliphatic rings. The third kappa shape index (κ3) is 2.93. The van der Waals surface area contributed by atoms with Crippen LogP contribution in [-0.4, -0.2) is 20.6 Å². The van der Waals surface area contributed by atoms with Crippen LogP contribution in [0.2, 0.25) is 0 Å². The van der Waals surface area contributed by atoms with Crippen molar-refractivity contribution in [2.75, 3.05) is 20.6 Å². The van der Waals surface area contributed by atoms with E-state index in [0.717, 1.165) is 0 Å². The molecule has 0 unspecified atom stereocenters. The minimum absolute atomic E-state index is 0.0719. The fourth-order valence-electron chi connectivity index (χ4n) is 0.972. The van der Waals surface area contributed by atoms with Crippen molar-refractivity contribution < 1.29 is 27.4 Å². The van der Waals surface area contributed by atoms with Crippen LogP contribution < -0.4 is 14.2 Å². The lowest BCUT2D eigenvalue weighted by Crippen LogP contribution is -2.00. The van der Waals surface area contributed by atoms with Crippen LogP contribution in [0.5, 0.6) is 17.2 Å². The van der Waals surface area contributed by atoms with Gasteiger partial charge in [-0.2, -0.15) is 0 Å². The second kappa shape index (κ2) is 6.00. The molecule has 0 heterocycles. The Morgan fingerprint density at radius 2 is 1.67 bits per heavy atom. The molecule has 1 aromatic rings. The smallest absolute Gasteiger partial charge is 0.229 e. The Morgan fingerprint density at radius 1 is 1.00 bits per heavy atom. The molecule has 0 saturated carbocycles. The van der Waals surface area contributed by atoms with Crippen LogP contribution in [0.3, 0.4) is 0 Å². The van der Waals surface area contributed by atoms with E-state index in [0.29, 0.717) is 0 Å². The quantitative estimate of drug-likeness (QED) is 0.738. The highest BCUT2D eigenvalue weighted by Crippen LogP contribution is 2.36. The molecular formula is C9H8F3O3. The Morgan fingerprint density at radius 3 is 2.27 bits per heavy atom. The van der Waals surface area contributed by atoms with E-state index in [1.807, 2.05) is 0 Å². The first-order chi connectivity index (χ1) is 7.33. The van der Waals surface area contributed by atoms with Gasteiger partial charge in [-0.3, -0.25) is 0 Å². The molecule has 1 radical (unpaired) electrons. The van der Waals surface area contributed by atoms with E-state index >= 15 is 0 Å². The first kappa shape index (κ1) is 11.5. The van der Waals surface area contributed by atoms with Crippen molar-refractivity contribution in [2.45, 2.75) is 0 Å². The summed E-state index contributed by atoms with van der Waals surface area (Å²) < 4.78 is 49.3. The average Bonchev–Trinajstić information content (AvgIpc) is 2.23. The number of ether oxygens (including phenoxy) is 3. The molecule has 0 aliphatic carbocycles. The molecule has 0 fully saturated rings. The molecule has 15 heavy (non-hydrogen) atoms. The van der Waals surface area contributed by atoms with Gasteiger partial charge in [0.05, 0.1) is 0 Å². The molecule has 0 saturated heterocycles. The minimum Gasteiger partial charge on any atom is -0.459 e. The van der Waals surface area contributed by atoms with Crippen molar-refractivity contribution in [1.29, 1.82) is 0 Å². The summed E-state index contributed by atoms with van der Waals surface area (Å²) in [6.45, 7) is -3.40. The van der Waals surface area contributed by atoms with E-state index in [4.69, 9.17) is 0 Å². The topological polar surface area (TPSA) is 27.7 Å². The van der Waals surface area contributed by atoms with Crippen molar-refractivity contribution >= 4 is 0 Å². The molecule has 1 aromatic carbocycles. The molecule has 6 heteroatoms. The SMILES string of the molecule is FCOc1[c]ccc(OCF)c1OCF. The monoisotopic (exact) mass is 221 g/mol. The highest BCUT2D eigenvalue weighted by atomic mass is 19.1. The highest BCUT2D eigenvalue weighted by molar-refractivity contribution is 5.50. The van der Waals surface area contributed by atoms with Gasteiger partial charge in [0.25, 0.3) is 0 Å². The van der Waals surface area contributed by atoms with E-state index in [1.54, 1.807) is 0 Å².